The summed E-state index contributed by atoms with van der Waals surface area (Å²) in [6, 6.07) is 14.9. The zero-order valence-electron chi connectivity index (χ0n) is 18.4. The number of carbonyl (C=O) groups excluding carboxylic acids is 1. The van der Waals surface area contributed by atoms with Crippen molar-refractivity contribution in [1.29, 1.82) is 0 Å². The first kappa shape index (κ1) is 22.4. The third kappa shape index (κ3) is 4.54. The van der Waals surface area contributed by atoms with Crippen molar-refractivity contribution < 1.29 is 9.32 Å². The predicted octanol–water partition coefficient (Wildman–Crippen LogP) is 6.27. The highest BCUT2D eigenvalue weighted by atomic mass is 35.5. The summed E-state index contributed by atoms with van der Waals surface area (Å²) in [5, 5.41) is 7.96. The molecule has 2 aromatic carbocycles. The number of hydrogen-bond acceptors (Lipinski definition) is 5. The van der Waals surface area contributed by atoms with Crippen LogP contribution >= 0.6 is 23.4 Å². The number of halogens is 1. The van der Waals surface area contributed by atoms with E-state index in [2.05, 4.69) is 24.3 Å². The minimum Gasteiger partial charge on any atom is -0.334 e. The van der Waals surface area contributed by atoms with Crippen molar-refractivity contribution in [2.75, 3.05) is 12.8 Å². The van der Waals surface area contributed by atoms with Crippen molar-refractivity contribution in [3.63, 3.8) is 0 Å². The third-order valence-corrected chi connectivity index (χ3v) is 6.35. The smallest absolute Gasteiger partial charge is 0.322 e. The van der Waals surface area contributed by atoms with Crippen LogP contribution in [0.4, 0.5) is 4.79 Å². The maximum atomic E-state index is 12.9. The van der Waals surface area contributed by atoms with E-state index in [1.54, 1.807) is 16.7 Å². The van der Waals surface area contributed by atoms with Gasteiger partial charge in [0.2, 0.25) is 5.82 Å². The van der Waals surface area contributed by atoms with Crippen LogP contribution in [0.3, 0.4) is 0 Å². The van der Waals surface area contributed by atoms with Gasteiger partial charge in [0.25, 0.3) is 5.89 Å². The van der Waals surface area contributed by atoms with Gasteiger partial charge in [-0.2, -0.15) is 4.98 Å². The molecular formula is C24H25ClN4O2S. The molecule has 1 atom stereocenters. The van der Waals surface area contributed by atoms with E-state index in [4.69, 9.17) is 21.1 Å². The Morgan fingerprint density at radius 1 is 1.16 bits per heavy atom. The van der Waals surface area contributed by atoms with E-state index in [9.17, 15) is 4.79 Å². The highest BCUT2D eigenvalue weighted by molar-refractivity contribution is 7.98. The summed E-state index contributed by atoms with van der Waals surface area (Å²) in [6.07, 6.45) is 2.04. The zero-order valence-corrected chi connectivity index (χ0v) is 20.0. The number of urea groups is 1. The molecule has 8 heteroatoms. The minimum atomic E-state index is -0.421. The quantitative estimate of drug-likeness (QED) is 0.432. The summed E-state index contributed by atoms with van der Waals surface area (Å²) in [7, 11) is 0. The number of nitrogens with one attached hydrogen (secondary N) is 1. The van der Waals surface area contributed by atoms with Gasteiger partial charge >= 0.3 is 6.03 Å². The molecule has 0 aliphatic carbocycles. The van der Waals surface area contributed by atoms with E-state index >= 15 is 0 Å². The number of allylic oxidation sites excluding steroid dienone is 1. The van der Waals surface area contributed by atoms with Crippen LogP contribution in [0.5, 0.6) is 0 Å². The Balaban J connectivity index is 1.78. The second-order valence-corrected chi connectivity index (χ2v) is 9.41. The average molecular weight is 469 g/mol. The second kappa shape index (κ2) is 9.38. The van der Waals surface area contributed by atoms with E-state index in [-0.39, 0.29) is 6.03 Å². The van der Waals surface area contributed by atoms with Crippen molar-refractivity contribution in [2.45, 2.75) is 31.7 Å². The molecule has 1 aromatic heterocycles. The molecule has 2 amide bonds. The molecule has 1 N–H and O–H groups in total. The fraction of sp³-hybridized carbons (Fsp3) is 0.292. The van der Waals surface area contributed by atoms with Crippen molar-refractivity contribution in [1.82, 2.24) is 20.4 Å². The van der Waals surface area contributed by atoms with Crippen molar-refractivity contribution in [3.8, 4) is 11.4 Å². The second-order valence-electron chi connectivity index (χ2n) is 8.09. The Labute approximate surface area is 197 Å². The Morgan fingerprint density at radius 3 is 2.47 bits per heavy atom. The lowest BCUT2D eigenvalue weighted by atomic mass is 9.94. The van der Waals surface area contributed by atoms with E-state index in [0.717, 1.165) is 27.3 Å². The van der Waals surface area contributed by atoms with Gasteiger partial charge in [-0.1, -0.05) is 42.7 Å². The fourth-order valence-electron chi connectivity index (χ4n) is 3.74. The molecule has 1 unspecified atom stereocenters. The molecule has 166 valence electrons. The number of rotatable bonds is 6. The van der Waals surface area contributed by atoms with Crippen LogP contribution in [0.2, 0.25) is 5.02 Å². The lowest BCUT2D eigenvalue weighted by Gasteiger charge is -2.36. The van der Waals surface area contributed by atoms with Gasteiger partial charge in [-0.25, -0.2) is 4.79 Å². The molecule has 2 heterocycles. The summed E-state index contributed by atoms with van der Waals surface area (Å²) in [6.45, 7) is 6.67. The third-order valence-electron chi connectivity index (χ3n) is 5.35. The highest BCUT2D eigenvalue weighted by Crippen LogP contribution is 2.38. The maximum absolute atomic E-state index is 12.9. The van der Waals surface area contributed by atoms with Crippen molar-refractivity contribution in [2.24, 2.45) is 5.92 Å². The standard InChI is InChI=1S/C24H25ClN4O2S/c1-14(2)13-29-15(3)20(21(26-24(29)30)16-5-9-18(25)10-6-16)23-27-22(28-31-23)17-7-11-19(32-4)12-8-17/h5-12,14,21H,13H2,1-4H3,(H,26,30). The summed E-state index contributed by atoms with van der Waals surface area (Å²) < 4.78 is 5.72. The molecule has 1 aliphatic rings. The van der Waals surface area contributed by atoms with Crippen molar-refractivity contribution in [3.05, 3.63) is 70.7 Å². The molecule has 0 bridgehead atoms. The first-order chi connectivity index (χ1) is 15.4. The van der Waals surface area contributed by atoms with E-state index in [1.807, 2.05) is 61.7 Å². The van der Waals surface area contributed by atoms with E-state index < -0.39 is 6.04 Å². The normalized spacial score (nSPS) is 16.6. The Hall–Kier alpha value is -2.77. The van der Waals surface area contributed by atoms with Gasteiger partial charge in [0, 0.05) is 27.7 Å². The van der Waals surface area contributed by atoms with Crippen LogP contribution in [0.25, 0.3) is 17.0 Å². The van der Waals surface area contributed by atoms with Gasteiger partial charge in [0.15, 0.2) is 0 Å². The molecular weight excluding hydrogens is 444 g/mol. The number of hydrogen-bond donors (Lipinski definition) is 1. The van der Waals surface area contributed by atoms with Gasteiger partial charge in [0.1, 0.15) is 0 Å². The van der Waals surface area contributed by atoms with Gasteiger partial charge in [-0.3, -0.25) is 4.90 Å². The van der Waals surface area contributed by atoms with Crippen LogP contribution in [0.1, 0.15) is 38.3 Å². The Bertz CT molecular complexity index is 1140. The summed E-state index contributed by atoms with van der Waals surface area (Å²) in [5.41, 5.74) is 3.35. The van der Waals surface area contributed by atoms with Crippen LogP contribution in [0.15, 0.2) is 63.6 Å². The van der Waals surface area contributed by atoms with Gasteiger partial charge in [-0.05, 0) is 61.1 Å². The van der Waals surface area contributed by atoms with Gasteiger partial charge in [-0.15, -0.1) is 11.8 Å². The lowest BCUT2D eigenvalue weighted by molar-refractivity contribution is 0.199. The van der Waals surface area contributed by atoms with Crippen LogP contribution in [-0.2, 0) is 0 Å². The molecule has 0 saturated carbocycles. The highest BCUT2D eigenvalue weighted by Gasteiger charge is 2.35. The van der Waals surface area contributed by atoms with Crippen LogP contribution in [-0.4, -0.2) is 33.9 Å². The van der Waals surface area contributed by atoms with E-state index in [1.165, 1.54) is 0 Å². The molecule has 0 radical (unpaired) electrons. The molecule has 6 nitrogen and oxygen atoms in total. The number of nitrogens with zero attached hydrogens (tertiary/aromatic N) is 3. The Kier molecular flexibility index (Phi) is 6.58. The molecule has 3 aromatic rings. The lowest BCUT2D eigenvalue weighted by Crippen LogP contribution is -2.47. The predicted molar refractivity (Wildman–Crippen MR) is 128 cm³/mol. The number of thioether (sulfide) groups is 1. The summed E-state index contributed by atoms with van der Waals surface area (Å²) >= 11 is 7.76. The minimum absolute atomic E-state index is 0.146. The first-order valence-electron chi connectivity index (χ1n) is 10.4. The monoisotopic (exact) mass is 468 g/mol. The largest absolute Gasteiger partial charge is 0.334 e. The number of carbonyl (C=O) groups is 1. The van der Waals surface area contributed by atoms with E-state index in [0.29, 0.717) is 29.2 Å². The van der Waals surface area contributed by atoms with Crippen LogP contribution in [0, 0.1) is 5.92 Å². The van der Waals surface area contributed by atoms with Gasteiger partial charge in [0.05, 0.1) is 11.6 Å². The molecule has 1 aliphatic heterocycles. The first-order valence-corrected chi connectivity index (χ1v) is 12.0. The fourth-order valence-corrected chi connectivity index (χ4v) is 4.27. The average Bonchev–Trinajstić information content (AvgIpc) is 3.26. The number of amides is 2. The van der Waals surface area contributed by atoms with Crippen LogP contribution < -0.4 is 5.32 Å². The Morgan fingerprint density at radius 2 is 1.84 bits per heavy atom. The topological polar surface area (TPSA) is 71.3 Å². The van der Waals surface area contributed by atoms with Crippen molar-refractivity contribution >= 4 is 35.0 Å². The SMILES string of the molecule is CSc1ccc(-c2noc(C3=C(C)N(CC(C)C)C(=O)NC3c3ccc(Cl)cc3)n2)cc1. The molecule has 0 fully saturated rings. The molecule has 0 saturated heterocycles. The molecule has 32 heavy (non-hydrogen) atoms. The molecule has 4 rings (SSSR count). The zero-order chi connectivity index (χ0) is 22.8. The van der Waals surface area contributed by atoms with Gasteiger partial charge < -0.3 is 9.84 Å². The number of aromatic nitrogens is 2. The maximum Gasteiger partial charge on any atom is 0.322 e. The summed E-state index contributed by atoms with van der Waals surface area (Å²) in [4.78, 5) is 20.5. The summed E-state index contributed by atoms with van der Waals surface area (Å²) in [5.74, 6) is 1.20. The number of benzene rings is 2. The molecule has 0 spiro atoms.